The molecule has 0 saturated heterocycles. The third-order valence-electron chi connectivity index (χ3n) is 1.98. The fourth-order valence-electron chi connectivity index (χ4n) is 1.23. The van der Waals surface area contributed by atoms with Crippen LogP contribution in [-0.2, 0) is 4.79 Å². The van der Waals surface area contributed by atoms with Gasteiger partial charge in [-0.1, -0.05) is 23.2 Å². The van der Waals surface area contributed by atoms with E-state index in [1.54, 1.807) is 6.92 Å². The fraction of sp³-hybridized carbons (Fsp3) is 0.545. The van der Waals surface area contributed by atoms with Crippen molar-refractivity contribution < 1.29 is 4.79 Å². The summed E-state index contributed by atoms with van der Waals surface area (Å²) in [6.45, 7) is 7.46. The molecule has 1 aromatic rings. The molecule has 1 aromatic heterocycles. The maximum atomic E-state index is 11.9. The van der Waals surface area contributed by atoms with Gasteiger partial charge in [-0.25, -0.2) is 0 Å². The van der Waals surface area contributed by atoms with Crippen LogP contribution in [0.3, 0.4) is 0 Å². The lowest BCUT2D eigenvalue weighted by Crippen LogP contribution is -2.47. The molecule has 0 aliphatic rings. The molecule has 1 heterocycles. The summed E-state index contributed by atoms with van der Waals surface area (Å²) < 4.78 is 0. The van der Waals surface area contributed by atoms with Crippen molar-refractivity contribution in [3.05, 3.63) is 16.4 Å². The molecule has 0 bridgehead atoms. The molecule has 1 atom stereocenters. The first-order valence-corrected chi connectivity index (χ1v) is 6.22. The van der Waals surface area contributed by atoms with Crippen LogP contribution in [0.2, 0.25) is 10.3 Å². The lowest BCUT2D eigenvalue weighted by molar-refractivity contribution is -0.122. The highest BCUT2D eigenvalue weighted by Crippen LogP contribution is 2.21. The molecule has 1 unspecified atom stereocenters. The van der Waals surface area contributed by atoms with Crippen LogP contribution in [-0.4, -0.2) is 27.7 Å². The number of rotatable bonds is 3. The molecule has 1 rings (SSSR count). The topological polar surface area (TPSA) is 66.9 Å². The molecule has 5 nitrogen and oxygen atoms in total. The third kappa shape index (κ3) is 4.66. The summed E-state index contributed by atoms with van der Waals surface area (Å²) in [5.41, 5.74) is 0.193. The molecule has 1 amide bonds. The number of carbonyl (C=O) groups excluding carboxylic acids is 1. The number of nitrogens with zero attached hydrogens (tertiary/aromatic N) is 2. The van der Waals surface area contributed by atoms with E-state index in [0.29, 0.717) is 5.69 Å². The van der Waals surface area contributed by atoms with Crippen LogP contribution in [0.25, 0.3) is 0 Å². The van der Waals surface area contributed by atoms with Gasteiger partial charge in [0.2, 0.25) is 5.91 Å². The Labute approximate surface area is 116 Å². The number of anilines is 1. The van der Waals surface area contributed by atoms with E-state index in [0.717, 1.165) is 0 Å². The van der Waals surface area contributed by atoms with Crippen molar-refractivity contribution in [3.63, 3.8) is 0 Å². The Kier molecular flexibility index (Phi) is 4.76. The SMILES string of the molecule is CC(Nc1cc(Cl)nnc1Cl)C(=O)NC(C)(C)C. The van der Waals surface area contributed by atoms with Gasteiger partial charge >= 0.3 is 0 Å². The number of hydrogen-bond acceptors (Lipinski definition) is 4. The van der Waals surface area contributed by atoms with Gasteiger partial charge in [-0.05, 0) is 27.7 Å². The number of aromatic nitrogens is 2. The number of amides is 1. The third-order valence-corrected chi connectivity index (χ3v) is 2.45. The zero-order valence-electron chi connectivity index (χ0n) is 10.7. The minimum Gasteiger partial charge on any atom is -0.371 e. The largest absolute Gasteiger partial charge is 0.371 e. The minimum absolute atomic E-state index is 0.133. The average Bonchev–Trinajstić information content (AvgIpc) is 2.21. The molecule has 0 radical (unpaired) electrons. The highest BCUT2D eigenvalue weighted by molar-refractivity contribution is 6.33. The van der Waals surface area contributed by atoms with E-state index in [-0.39, 0.29) is 21.8 Å². The van der Waals surface area contributed by atoms with E-state index in [9.17, 15) is 4.79 Å². The lowest BCUT2D eigenvalue weighted by atomic mass is 10.1. The Bertz CT molecular complexity index is 445. The minimum atomic E-state index is -0.456. The van der Waals surface area contributed by atoms with E-state index < -0.39 is 6.04 Å². The van der Waals surface area contributed by atoms with Crippen LogP contribution in [0, 0.1) is 0 Å². The second-order valence-corrected chi connectivity index (χ2v) is 5.72. The summed E-state index contributed by atoms with van der Waals surface area (Å²) in [7, 11) is 0. The van der Waals surface area contributed by atoms with Gasteiger partial charge in [0.1, 0.15) is 6.04 Å². The molecule has 7 heteroatoms. The zero-order chi connectivity index (χ0) is 13.9. The monoisotopic (exact) mass is 290 g/mol. The number of nitrogens with one attached hydrogen (secondary N) is 2. The number of halogens is 2. The summed E-state index contributed by atoms with van der Waals surface area (Å²) in [6.07, 6.45) is 0. The van der Waals surface area contributed by atoms with Crippen molar-refractivity contribution in [2.45, 2.75) is 39.3 Å². The molecule has 100 valence electrons. The quantitative estimate of drug-likeness (QED) is 0.898. The maximum Gasteiger partial charge on any atom is 0.242 e. The van der Waals surface area contributed by atoms with E-state index >= 15 is 0 Å². The number of carbonyl (C=O) groups is 1. The normalized spacial score (nSPS) is 13.0. The summed E-state index contributed by atoms with van der Waals surface area (Å²) in [5.74, 6) is -0.133. The second kappa shape index (κ2) is 5.71. The lowest BCUT2D eigenvalue weighted by Gasteiger charge is -2.24. The zero-order valence-corrected chi connectivity index (χ0v) is 12.2. The molecule has 0 aromatic carbocycles. The van der Waals surface area contributed by atoms with Crippen molar-refractivity contribution in [2.75, 3.05) is 5.32 Å². The van der Waals surface area contributed by atoms with Gasteiger partial charge in [0.25, 0.3) is 0 Å². The highest BCUT2D eigenvalue weighted by Gasteiger charge is 2.20. The van der Waals surface area contributed by atoms with Crippen molar-refractivity contribution in [3.8, 4) is 0 Å². The first-order valence-electron chi connectivity index (χ1n) is 5.46. The van der Waals surface area contributed by atoms with Crippen molar-refractivity contribution >= 4 is 34.8 Å². The predicted octanol–water partition coefficient (Wildman–Crippen LogP) is 2.50. The van der Waals surface area contributed by atoms with Gasteiger partial charge in [-0.15, -0.1) is 10.2 Å². The second-order valence-electron chi connectivity index (χ2n) is 4.98. The Morgan fingerprint density at radius 1 is 1.33 bits per heavy atom. The van der Waals surface area contributed by atoms with Crippen molar-refractivity contribution in [1.82, 2.24) is 15.5 Å². The molecule has 0 saturated carbocycles. The van der Waals surface area contributed by atoms with Crippen LogP contribution in [0.15, 0.2) is 6.07 Å². The fourth-order valence-corrected chi connectivity index (χ4v) is 1.52. The Balaban J connectivity index is 2.72. The smallest absolute Gasteiger partial charge is 0.242 e. The van der Waals surface area contributed by atoms with E-state index in [2.05, 4.69) is 20.8 Å². The summed E-state index contributed by atoms with van der Waals surface area (Å²) in [5, 5.41) is 13.4. The van der Waals surface area contributed by atoms with Crippen LogP contribution < -0.4 is 10.6 Å². The van der Waals surface area contributed by atoms with E-state index in [1.807, 2.05) is 20.8 Å². The molecular formula is C11H16Cl2N4O. The molecule has 0 aliphatic carbocycles. The van der Waals surface area contributed by atoms with Crippen molar-refractivity contribution in [2.24, 2.45) is 0 Å². The molecule has 0 aliphatic heterocycles. The Morgan fingerprint density at radius 3 is 2.50 bits per heavy atom. The number of hydrogen-bond donors (Lipinski definition) is 2. The molecule has 0 fully saturated rings. The molecule has 0 spiro atoms. The van der Waals surface area contributed by atoms with Crippen LogP contribution in [0.5, 0.6) is 0 Å². The van der Waals surface area contributed by atoms with Gasteiger partial charge in [0, 0.05) is 11.6 Å². The van der Waals surface area contributed by atoms with Crippen LogP contribution in [0.1, 0.15) is 27.7 Å². The first kappa shape index (κ1) is 15.0. The van der Waals surface area contributed by atoms with Gasteiger partial charge in [0.05, 0.1) is 5.69 Å². The van der Waals surface area contributed by atoms with Crippen molar-refractivity contribution in [1.29, 1.82) is 0 Å². The van der Waals surface area contributed by atoms with Crippen LogP contribution in [0.4, 0.5) is 5.69 Å². The Morgan fingerprint density at radius 2 is 1.94 bits per heavy atom. The van der Waals surface area contributed by atoms with Gasteiger partial charge in [-0.3, -0.25) is 4.79 Å². The summed E-state index contributed by atoms with van der Waals surface area (Å²) in [6, 6.07) is 1.07. The summed E-state index contributed by atoms with van der Waals surface area (Å²) in [4.78, 5) is 11.9. The van der Waals surface area contributed by atoms with E-state index in [1.165, 1.54) is 6.07 Å². The summed E-state index contributed by atoms with van der Waals surface area (Å²) >= 11 is 11.6. The average molecular weight is 291 g/mol. The first-order chi connectivity index (χ1) is 8.19. The van der Waals surface area contributed by atoms with Crippen LogP contribution >= 0.6 is 23.2 Å². The van der Waals surface area contributed by atoms with E-state index in [4.69, 9.17) is 23.2 Å². The standard InChI is InChI=1S/C11H16Cl2N4O/c1-6(10(18)15-11(2,3)4)14-7-5-8(12)16-17-9(7)13/h5-6H,1-4H3,(H,14,16)(H,15,18). The van der Waals surface area contributed by atoms with Gasteiger partial charge < -0.3 is 10.6 Å². The molecule has 2 N–H and O–H groups in total. The molecular weight excluding hydrogens is 275 g/mol. The maximum absolute atomic E-state index is 11.9. The Hall–Kier alpha value is -1.07. The van der Waals surface area contributed by atoms with Gasteiger partial charge in [0.15, 0.2) is 10.3 Å². The molecule has 18 heavy (non-hydrogen) atoms. The highest BCUT2D eigenvalue weighted by atomic mass is 35.5. The van der Waals surface area contributed by atoms with Gasteiger partial charge in [-0.2, -0.15) is 0 Å². The predicted molar refractivity (Wildman–Crippen MR) is 73.0 cm³/mol.